The third kappa shape index (κ3) is 13.1. The van der Waals surface area contributed by atoms with Crippen LogP contribution in [-0.4, -0.2) is 186 Å². The predicted octanol–water partition coefficient (Wildman–Crippen LogP) is 4.51. The number of esters is 1. The van der Waals surface area contributed by atoms with Gasteiger partial charge in [0.15, 0.2) is 12.5 Å². The Balaban J connectivity index is 1.45. The monoisotopic (exact) mass is 1010 g/mol. The Kier molecular flexibility index (Phi) is 19.7. The largest absolute Gasteiger partial charge is 0.459 e. The lowest BCUT2D eigenvalue weighted by Crippen LogP contribution is -2.62. The van der Waals surface area contributed by atoms with Crippen LogP contribution in [-0.2, 0) is 34.9 Å². The molecular weight excluding hydrogens is 931 g/mol. The number of non-ortho nitro benzene ring substituents is 1. The van der Waals surface area contributed by atoms with E-state index in [2.05, 4.69) is 10.3 Å². The van der Waals surface area contributed by atoms with Gasteiger partial charge in [0.05, 0.1) is 52.2 Å². The number of hydrogen-bond donors (Lipinski definition) is 5. The Morgan fingerprint density at radius 2 is 1.68 bits per heavy atom. The minimum absolute atomic E-state index is 0.0548. The Morgan fingerprint density at radius 1 is 1.03 bits per heavy atom. The molecule has 19 nitrogen and oxygen atoms in total. The smallest absolute Gasteiger partial charge is 0.309 e. The molecule has 0 amide bonds. The van der Waals surface area contributed by atoms with E-state index in [1.165, 1.54) is 32.4 Å². The Bertz CT molecular complexity index is 2040. The van der Waals surface area contributed by atoms with Crippen LogP contribution in [0.2, 0.25) is 0 Å². The molecule has 21 heteroatoms. The number of methoxy groups -OCH3 is 1. The first-order valence-corrected chi connectivity index (χ1v) is 25.1. The summed E-state index contributed by atoms with van der Waals surface area (Å²) in [5.41, 5.74) is -4.34. The molecule has 3 aliphatic rings. The van der Waals surface area contributed by atoms with Crippen LogP contribution in [0.3, 0.4) is 0 Å². The lowest BCUT2D eigenvalue weighted by molar-refractivity contribution is -0.384. The molecule has 0 saturated carbocycles. The van der Waals surface area contributed by atoms with Gasteiger partial charge in [-0.15, -0.1) is 5.10 Å². The zero-order chi connectivity index (χ0) is 53.1. The van der Waals surface area contributed by atoms with Crippen molar-refractivity contribution < 1.29 is 67.7 Å². The minimum atomic E-state index is -1.87. The number of benzene rings is 1. The van der Waals surface area contributed by atoms with E-state index in [9.17, 15) is 44.8 Å². The quantitative estimate of drug-likeness (QED) is 0.0993. The molecule has 0 aliphatic carbocycles. The highest BCUT2D eigenvalue weighted by Gasteiger charge is 2.55. The molecule has 0 bridgehead atoms. The summed E-state index contributed by atoms with van der Waals surface area (Å²) in [4.78, 5) is 28.9. The van der Waals surface area contributed by atoms with Crippen LogP contribution in [0, 0.1) is 33.8 Å². The second-order valence-electron chi connectivity index (χ2n) is 21.7. The number of hydrogen-bond acceptors (Lipinski definition) is 17. The van der Waals surface area contributed by atoms with Gasteiger partial charge in [0.1, 0.15) is 42.7 Å². The van der Waals surface area contributed by atoms with Gasteiger partial charge in [-0.3, -0.25) is 14.9 Å². The van der Waals surface area contributed by atoms with Gasteiger partial charge in [-0.1, -0.05) is 32.9 Å². The van der Waals surface area contributed by atoms with E-state index in [4.69, 9.17) is 23.7 Å². The van der Waals surface area contributed by atoms with Gasteiger partial charge in [-0.25, -0.2) is 13.5 Å². The summed E-state index contributed by atoms with van der Waals surface area (Å²) >= 11 is 0. The summed E-state index contributed by atoms with van der Waals surface area (Å²) < 4.78 is 63.0. The summed E-state index contributed by atoms with van der Waals surface area (Å²) in [7, 11) is 5.13. The predicted molar refractivity (Wildman–Crippen MR) is 257 cm³/mol. The van der Waals surface area contributed by atoms with Crippen LogP contribution in [0.5, 0.6) is 0 Å². The SMILES string of the molecule is CC[C@H]1OC(=O)[C@H](C)[C@@H](C2C[C@@](C)(OC)[C@@H](O)[C@H](C)O2)[C@H](C)[C@@H](O[C@@H]2O[C@H](C)C[C@H](N(C)CCc3cn([C@H](CF)C(F)c4ccc([N+](=O)[O-])cc4)nn3)[C@H]2O)[C@](C)(O)C[C@@H](C)CN(C)[C@H](C)[C@@H](O)[C@]1(C)O. The maximum Gasteiger partial charge on any atom is 0.309 e. The normalized spacial score (nSPS) is 40.4. The zero-order valence-corrected chi connectivity index (χ0v) is 43.8. The Hall–Kier alpha value is -3.35. The van der Waals surface area contributed by atoms with Crippen LogP contribution < -0.4 is 0 Å². The molecule has 5 rings (SSSR count). The summed E-state index contributed by atoms with van der Waals surface area (Å²) in [6.07, 6.45) is -8.34. The molecule has 1 aromatic heterocycles. The number of nitro groups is 1. The zero-order valence-electron chi connectivity index (χ0n) is 43.8. The molecule has 71 heavy (non-hydrogen) atoms. The van der Waals surface area contributed by atoms with E-state index in [-0.39, 0.29) is 42.9 Å². The maximum absolute atomic E-state index is 15.6. The van der Waals surface area contributed by atoms with Crippen LogP contribution in [0.15, 0.2) is 30.5 Å². The minimum Gasteiger partial charge on any atom is -0.459 e. The summed E-state index contributed by atoms with van der Waals surface area (Å²) in [5, 5.41) is 79.2. The van der Waals surface area contributed by atoms with Gasteiger partial charge in [0.25, 0.3) is 5.69 Å². The number of ether oxygens (including phenoxy) is 5. The van der Waals surface area contributed by atoms with Crippen molar-refractivity contribution in [2.24, 2.45) is 23.7 Å². The first-order chi connectivity index (χ1) is 33.1. The van der Waals surface area contributed by atoms with Crippen LogP contribution >= 0.6 is 0 Å². The molecule has 1 aromatic carbocycles. The van der Waals surface area contributed by atoms with E-state index in [0.29, 0.717) is 25.2 Å². The van der Waals surface area contributed by atoms with Crippen LogP contribution in [0.1, 0.15) is 118 Å². The van der Waals surface area contributed by atoms with Gasteiger partial charge in [0.2, 0.25) is 0 Å². The third-order valence-corrected chi connectivity index (χ3v) is 16.0. The molecule has 2 unspecified atom stereocenters. The molecule has 0 radical (unpaired) electrons. The van der Waals surface area contributed by atoms with Crippen molar-refractivity contribution in [3.05, 3.63) is 51.8 Å². The number of carbonyl (C=O) groups excluding carboxylic acids is 1. The van der Waals surface area contributed by atoms with Crippen molar-refractivity contribution in [3.8, 4) is 0 Å². The maximum atomic E-state index is 15.6. The fourth-order valence-electron chi connectivity index (χ4n) is 11.5. The van der Waals surface area contributed by atoms with Crippen molar-refractivity contribution in [3.63, 3.8) is 0 Å². The van der Waals surface area contributed by atoms with E-state index in [1.807, 2.05) is 44.7 Å². The fraction of sp³-hybridized carbons (Fsp3) is 0.820. The molecule has 404 valence electrons. The number of halogens is 2. The highest BCUT2D eigenvalue weighted by atomic mass is 19.1. The number of nitro benzene ring substituents is 1. The number of nitrogens with zero attached hydrogens (tertiary/aromatic N) is 6. The number of alkyl halides is 2. The number of rotatable bonds is 14. The third-order valence-electron chi connectivity index (χ3n) is 16.0. The standard InChI is InChI=1S/C50H82F2N6O13/c1-14-39-50(10,64)43(60)31(6)56(12)25-27(2)22-48(8,63)45(29(4)40(30(5)46(62)70-39)38-23-49(9,67-13)44(61)32(7)69-38)71-47-42(59)36(21-28(3)68-47)55(11)20-19-34-26-57(54-53-34)37(24-51)41(52)33-15-17-35(18-16-33)58(65)66/h15-18,26-32,36-45,47,59-61,63-64H,14,19-25H2,1-13H3/t27-,28-,29+,30-,31-,32+,36+,37-,38?,39-,40+,41?,42-,43-,44+,45-,47+,48-,49-,50-/m1/s1. The molecule has 3 aliphatic heterocycles. The van der Waals surface area contributed by atoms with Crippen molar-refractivity contribution in [2.45, 2.75) is 198 Å². The number of cyclic esters (lactones) is 1. The topological polar surface area (TPSA) is 245 Å². The van der Waals surface area contributed by atoms with Gasteiger partial charge in [-0.05, 0) is 104 Å². The van der Waals surface area contributed by atoms with Crippen molar-refractivity contribution >= 4 is 11.7 Å². The molecular formula is C50H82F2N6O13. The van der Waals surface area contributed by atoms with Gasteiger partial charge >= 0.3 is 5.97 Å². The summed E-state index contributed by atoms with van der Waals surface area (Å²) in [6.45, 7) is 17.1. The van der Waals surface area contributed by atoms with Crippen molar-refractivity contribution in [1.29, 1.82) is 0 Å². The average molecular weight is 1010 g/mol. The highest BCUT2D eigenvalue weighted by Crippen LogP contribution is 2.45. The van der Waals surface area contributed by atoms with E-state index >= 15 is 4.39 Å². The fourth-order valence-corrected chi connectivity index (χ4v) is 11.5. The molecule has 3 fully saturated rings. The number of likely N-dealkylation sites (N-methyl/N-ethyl adjacent to an activating group) is 2. The number of carbonyl (C=O) groups is 1. The molecule has 2 aromatic rings. The Morgan fingerprint density at radius 3 is 2.27 bits per heavy atom. The molecule has 3 saturated heterocycles. The Labute approximate surface area is 417 Å². The first kappa shape index (κ1) is 58.5. The molecule has 5 N–H and O–H groups in total. The van der Waals surface area contributed by atoms with Gasteiger partial charge in [0, 0.05) is 69.4 Å². The number of aliphatic hydroxyl groups excluding tert-OH is 3. The van der Waals surface area contributed by atoms with Crippen LogP contribution in [0.4, 0.5) is 14.5 Å². The molecule has 20 atom stereocenters. The highest BCUT2D eigenvalue weighted by molar-refractivity contribution is 5.73. The van der Waals surface area contributed by atoms with Crippen molar-refractivity contribution in [2.75, 3.05) is 41.0 Å². The molecule has 0 spiro atoms. The molecule has 4 heterocycles. The van der Waals surface area contributed by atoms with Gasteiger partial charge in [-0.2, -0.15) is 0 Å². The lowest BCUT2D eigenvalue weighted by atomic mass is 9.68. The second kappa shape index (κ2) is 23.9. The number of aromatic nitrogens is 3. The lowest BCUT2D eigenvalue weighted by Gasteiger charge is -2.51. The van der Waals surface area contributed by atoms with E-state index < -0.39 is 132 Å². The van der Waals surface area contributed by atoms with Crippen molar-refractivity contribution in [1.82, 2.24) is 24.8 Å². The first-order valence-electron chi connectivity index (χ1n) is 25.1. The number of aliphatic hydroxyl groups is 5. The van der Waals surface area contributed by atoms with Crippen LogP contribution in [0.25, 0.3) is 0 Å². The van der Waals surface area contributed by atoms with Gasteiger partial charge < -0.3 is 59.0 Å². The summed E-state index contributed by atoms with van der Waals surface area (Å²) in [5.74, 6) is -3.41. The summed E-state index contributed by atoms with van der Waals surface area (Å²) in [6, 6.07) is 2.28. The van der Waals surface area contributed by atoms with E-state index in [1.54, 1.807) is 41.5 Å². The van der Waals surface area contributed by atoms with E-state index in [0.717, 1.165) is 16.8 Å². The second-order valence-corrected chi connectivity index (χ2v) is 21.7. The average Bonchev–Trinajstić information content (AvgIpc) is 3.78.